The van der Waals surface area contributed by atoms with Crippen molar-refractivity contribution in [2.45, 2.75) is 38.3 Å². The predicted octanol–water partition coefficient (Wildman–Crippen LogP) is -0.374. The van der Waals surface area contributed by atoms with Crippen molar-refractivity contribution in [3.63, 3.8) is 0 Å². The van der Waals surface area contributed by atoms with Crippen molar-refractivity contribution in [1.82, 2.24) is 10.6 Å². The summed E-state index contributed by atoms with van der Waals surface area (Å²) in [6.07, 6.45) is 1.91. The third-order valence-corrected chi connectivity index (χ3v) is 2.52. The molecule has 0 aromatic carbocycles. The summed E-state index contributed by atoms with van der Waals surface area (Å²) in [4.78, 5) is 11.7. The van der Waals surface area contributed by atoms with E-state index < -0.39 is 5.54 Å². The van der Waals surface area contributed by atoms with Crippen molar-refractivity contribution in [3.8, 4) is 0 Å². The van der Waals surface area contributed by atoms with Gasteiger partial charge in [0.15, 0.2) is 0 Å². The molecule has 4 heteroatoms. The molecule has 0 aliphatic carbocycles. The highest BCUT2D eigenvalue weighted by atomic mass is 16.3. The van der Waals surface area contributed by atoms with Gasteiger partial charge in [0, 0.05) is 6.04 Å². The highest BCUT2D eigenvalue weighted by Gasteiger charge is 2.36. The first kappa shape index (κ1) is 10.5. The van der Waals surface area contributed by atoms with Crippen LogP contribution in [0.25, 0.3) is 0 Å². The van der Waals surface area contributed by atoms with E-state index in [9.17, 15) is 4.79 Å². The molecule has 2 unspecified atom stereocenters. The van der Waals surface area contributed by atoms with Gasteiger partial charge in [-0.2, -0.15) is 0 Å². The van der Waals surface area contributed by atoms with Crippen LogP contribution in [0.2, 0.25) is 0 Å². The number of nitrogens with one attached hydrogen (secondary N) is 2. The van der Waals surface area contributed by atoms with Crippen LogP contribution < -0.4 is 10.6 Å². The number of carbonyl (C=O) groups excluding carboxylic acids is 1. The third-order valence-electron chi connectivity index (χ3n) is 2.52. The van der Waals surface area contributed by atoms with Gasteiger partial charge in [-0.3, -0.25) is 4.79 Å². The number of rotatable bonds is 3. The van der Waals surface area contributed by atoms with Gasteiger partial charge in [-0.1, -0.05) is 0 Å². The average Bonchev–Trinajstić information content (AvgIpc) is 2.53. The number of amides is 1. The Labute approximate surface area is 78.7 Å². The van der Waals surface area contributed by atoms with Crippen molar-refractivity contribution in [2.24, 2.45) is 0 Å². The van der Waals surface area contributed by atoms with Gasteiger partial charge in [0.05, 0.1) is 12.1 Å². The molecule has 0 aromatic rings. The number of aliphatic hydroxyl groups excluding tert-OH is 1. The minimum Gasteiger partial charge on any atom is -0.394 e. The van der Waals surface area contributed by atoms with E-state index in [4.69, 9.17) is 5.11 Å². The summed E-state index contributed by atoms with van der Waals surface area (Å²) in [6.45, 7) is 4.58. The summed E-state index contributed by atoms with van der Waals surface area (Å²) in [5, 5.41) is 14.7. The molecule has 0 radical (unpaired) electrons. The Bertz CT molecular complexity index is 188. The van der Waals surface area contributed by atoms with Gasteiger partial charge in [0.1, 0.15) is 0 Å². The molecule has 0 saturated carbocycles. The number of hydrogen-bond acceptors (Lipinski definition) is 3. The first-order valence-electron chi connectivity index (χ1n) is 4.75. The summed E-state index contributed by atoms with van der Waals surface area (Å²) in [5.41, 5.74) is -0.427. The van der Waals surface area contributed by atoms with Crippen molar-refractivity contribution >= 4 is 5.91 Å². The van der Waals surface area contributed by atoms with Gasteiger partial charge in [-0.05, 0) is 33.2 Å². The van der Waals surface area contributed by atoms with E-state index >= 15 is 0 Å². The zero-order chi connectivity index (χ0) is 9.90. The lowest BCUT2D eigenvalue weighted by Gasteiger charge is -2.24. The van der Waals surface area contributed by atoms with Crippen molar-refractivity contribution in [2.75, 3.05) is 13.2 Å². The summed E-state index contributed by atoms with van der Waals surface area (Å²) in [7, 11) is 0. The van der Waals surface area contributed by atoms with E-state index in [-0.39, 0.29) is 18.6 Å². The smallest absolute Gasteiger partial charge is 0.240 e. The molecule has 1 saturated heterocycles. The standard InChI is InChI=1S/C9H18N2O2/c1-7(6-12)11-8(13)9(2)4-3-5-10-9/h7,10,12H,3-6H2,1-2H3,(H,11,13). The molecule has 1 fully saturated rings. The summed E-state index contributed by atoms with van der Waals surface area (Å²) >= 11 is 0. The van der Waals surface area contributed by atoms with Crippen LogP contribution in [0.5, 0.6) is 0 Å². The van der Waals surface area contributed by atoms with Crippen LogP contribution >= 0.6 is 0 Å². The Morgan fingerprint density at radius 1 is 1.77 bits per heavy atom. The minimum absolute atomic E-state index is 0.00782. The zero-order valence-corrected chi connectivity index (χ0v) is 8.26. The van der Waals surface area contributed by atoms with E-state index in [0.29, 0.717) is 0 Å². The van der Waals surface area contributed by atoms with Gasteiger partial charge in [-0.15, -0.1) is 0 Å². The van der Waals surface area contributed by atoms with Crippen molar-refractivity contribution in [3.05, 3.63) is 0 Å². The first-order valence-corrected chi connectivity index (χ1v) is 4.75. The maximum atomic E-state index is 11.7. The lowest BCUT2D eigenvalue weighted by atomic mass is 9.99. The second-order valence-corrected chi connectivity index (χ2v) is 3.92. The van der Waals surface area contributed by atoms with E-state index in [0.717, 1.165) is 19.4 Å². The lowest BCUT2D eigenvalue weighted by molar-refractivity contribution is -0.127. The van der Waals surface area contributed by atoms with Crippen LogP contribution in [0.3, 0.4) is 0 Å². The SMILES string of the molecule is CC(CO)NC(=O)C1(C)CCCN1. The normalized spacial score (nSPS) is 30.1. The molecule has 13 heavy (non-hydrogen) atoms. The van der Waals surface area contributed by atoms with Gasteiger partial charge in [0.2, 0.25) is 5.91 Å². The quantitative estimate of drug-likeness (QED) is 0.563. The highest BCUT2D eigenvalue weighted by Crippen LogP contribution is 2.18. The topological polar surface area (TPSA) is 61.4 Å². The molecule has 4 nitrogen and oxygen atoms in total. The molecule has 1 aliphatic heterocycles. The molecule has 3 N–H and O–H groups in total. The van der Waals surface area contributed by atoms with Gasteiger partial charge in [-0.25, -0.2) is 0 Å². The molecular weight excluding hydrogens is 168 g/mol. The number of aliphatic hydroxyl groups is 1. The monoisotopic (exact) mass is 186 g/mol. The molecule has 0 bridgehead atoms. The fourth-order valence-electron chi connectivity index (χ4n) is 1.52. The summed E-state index contributed by atoms with van der Waals surface area (Å²) in [5.74, 6) is -0.00782. The maximum Gasteiger partial charge on any atom is 0.240 e. The van der Waals surface area contributed by atoms with E-state index in [1.165, 1.54) is 0 Å². The van der Waals surface area contributed by atoms with Gasteiger partial charge >= 0.3 is 0 Å². The highest BCUT2D eigenvalue weighted by molar-refractivity contribution is 5.86. The fourth-order valence-corrected chi connectivity index (χ4v) is 1.52. The zero-order valence-electron chi connectivity index (χ0n) is 8.26. The van der Waals surface area contributed by atoms with E-state index in [1.54, 1.807) is 6.92 Å². The lowest BCUT2D eigenvalue weighted by Crippen LogP contribution is -2.53. The Morgan fingerprint density at radius 2 is 2.46 bits per heavy atom. The molecule has 1 heterocycles. The Morgan fingerprint density at radius 3 is 2.92 bits per heavy atom. The molecule has 0 aromatic heterocycles. The second kappa shape index (κ2) is 4.07. The van der Waals surface area contributed by atoms with Gasteiger partial charge in [0.25, 0.3) is 0 Å². The molecule has 1 amide bonds. The Balaban J connectivity index is 2.46. The van der Waals surface area contributed by atoms with Crippen molar-refractivity contribution in [1.29, 1.82) is 0 Å². The van der Waals surface area contributed by atoms with Crippen molar-refractivity contribution < 1.29 is 9.90 Å². The summed E-state index contributed by atoms with van der Waals surface area (Å²) in [6, 6.07) is -0.160. The second-order valence-electron chi connectivity index (χ2n) is 3.92. The number of carbonyl (C=O) groups is 1. The molecule has 76 valence electrons. The molecular formula is C9H18N2O2. The van der Waals surface area contributed by atoms with E-state index in [2.05, 4.69) is 10.6 Å². The molecule has 2 atom stereocenters. The average molecular weight is 186 g/mol. The van der Waals surface area contributed by atoms with Crippen LogP contribution in [0.4, 0.5) is 0 Å². The first-order chi connectivity index (χ1) is 6.08. The fraction of sp³-hybridized carbons (Fsp3) is 0.889. The Kier molecular flexibility index (Phi) is 3.27. The third kappa shape index (κ3) is 2.42. The van der Waals surface area contributed by atoms with Crippen LogP contribution in [0, 0.1) is 0 Å². The van der Waals surface area contributed by atoms with Crippen LogP contribution in [0.1, 0.15) is 26.7 Å². The maximum absolute atomic E-state index is 11.7. The minimum atomic E-state index is -0.427. The van der Waals surface area contributed by atoms with Gasteiger partial charge < -0.3 is 15.7 Å². The number of hydrogen-bond donors (Lipinski definition) is 3. The summed E-state index contributed by atoms with van der Waals surface area (Å²) < 4.78 is 0. The Hall–Kier alpha value is -0.610. The predicted molar refractivity (Wildman–Crippen MR) is 50.3 cm³/mol. The molecule has 1 rings (SSSR count). The van der Waals surface area contributed by atoms with Crippen LogP contribution in [-0.2, 0) is 4.79 Å². The van der Waals surface area contributed by atoms with E-state index in [1.807, 2.05) is 6.92 Å². The molecule has 0 spiro atoms. The van der Waals surface area contributed by atoms with Crippen LogP contribution in [0.15, 0.2) is 0 Å². The van der Waals surface area contributed by atoms with Crippen LogP contribution in [-0.4, -0.2) is 35.7 Å². The molecule has 1 aliphatic rings. The largest absolute Gasteiger partial charge is 0.394 e.